The largest absolute Gasteiger partial charge is 0.460 e. The second-order valence-electron chi connectivity index (χ2n) is 6.02. The first-order valence-electron chi connectivity index (χ1n) is 8.37. The monoisotopic (exact) mass is 369 g/mol. The van der Waals surface area contributed by atoms with Gasteiger partial charge in [-0.05, 0) is 42.5 Å². The van der Waals surface area contributed by atoms with Gasteiger partial charge in [-0.2, -0.15) is 0 Å². The Bertz CT molecular complexity index is 1010. The molecule has 6 heteroatoms. The van der Waals surface area contributed by atoms with Crippen LogP contribution in [0.2, 0.25) is 5.02 Å². The minimum atomic E-state index is -0.436. The first-order valence-corrected chi connectivity index (χ1v) is 8.75. The van der Waals surface area contributed by atoms with Crippen molar-refractivity contribution in [2.45, 2.75) is 13.0 Å². The number of nitrogens with zero attached hydrogens (tertiary/aromatic N) is 1. The minimum Gasteiger partial charge on any atom is -0.460 e. The van der Waals surface area contributed by atoms with Crippen LogP contribution in [0.5, 0.6) is 0 Å². The number of rotatable bonds is 6. The van der Waals surface area contributed by atoms with Crippen LogP contribution in [0, 0.1) is 5.82 Å². The highest BCUT2D eigenvalue weighted by atomic mass is 35.5. The van der Waals surface area contributed by atoms with E-state index in [4.69, 9.17) is 16.0 Å². The summed E-state index contributed by atoms with van der Waals surface area (Å²) in [6, 6.07) is 16.3. The first kappa shape index (κ1) is 16.8. The molecule has 0 unspecified atom stereocenters. The number of fused-ring (bicyclic) bond motifs is 1. The van der Waals surface area contributed by atoms with Crippen LogP contribution in [0.25, 0.3) is 22.4 Å². The third-order valence-electron chi connectivity index (χ3n) is 4.14. The Labute approximate surface area is 155 Å². The SMILES string of the molecule is Fc1ccc(-c2ccc(CNCCc3nc4ccccc4[nH]3)o2)cc1Cl. The number of halogens is 2. The van der Waals surface area contributed by atoms with Crippen LogP contribution in [0.3, 0.4) is 0 Å². The second-order valence-corrected chi connectivity index (χ2v) is 6.43. The van der Waals surface area contributed by atoms with Gasteiger partial charge in [0.25, 0.3) is 0 Å². The van der Waals surface area contributed by atoms with E-state index < -0.39 is 5.82 Å². The van der Waals surface area contributed by atoms with Gasteiger partial charge in [-0.25, -0.2) is 9.37 Å². The normalized spacial score (nSPS) is 11.3. The fourth-order valence-corrected chi connectivity index (χ4v) is 3.00. The molecule has 2 aromatic heterocycles. The fraction of sp³-hybridized carbons (Fsp3) is 0.150. The predicted octanol–water partition coefficient (Wildman–Crippen LogP) is 4.95. The molecule has 0 saturated carbocycles. The zero-order valence-corrected chi connectivity index (χ0v) is 14.7. The maximum atomic E-state index is 13.3. The number of para-hydroxylation sites is 2. The van der Waals surface area contributed by atoms with E-state index in [1.807, 2.05) is 36.4 Å². The van der Waals surface area contributed by atoms with E-state index in [2.05, 4.69) is 15.3 Å². The zero-order valence-electron chi connectivity index (χ0n) is 13.9. The summed E-state index contributed by atoms with van der Waals surface area (Å²) in [7, 11) is 0. The lowest BCUT2D eigenvalue weighted by Gasteiger charge is -2.02. The molecule has 0 aliphatic carbocycles. The van der Waals surface area contributed by atoms with Crippen LogP contribution < -0.4 is 5.32 Å². The summed E-state index contributed by atoms with van der Waals surface area (Å²) >= 11 is 5.82. The van der Waals surface area contributed by atoms with Gasteiger partial charge in [0, 0.05) is 18.5 Å². The molecule has 4 rings (SSSR count). The number of nitrogens with one attached hydrogen (secondary N) is 2. The summed E-state index contributed by atoms with van der Waals surface area (Å²) in [6.45, 7) is 1.38. The van der Waals surface area contributed by atoms with Crippen LogP contribution in [0.4, 0.5) is 4.39 Å². The van der Waals surface area contributed by atoms with Crippen molar-refractivity contribution in [1.82, 2.24) is 15.3 Å². The molecule has 0 aliphatic rings. The van der Waals surface area contributed by atoms with E-state index in [9.17, 15) is 4.39 Å². The number of aromatic nitrogens is 2. The Morgan fingerprint density at radius 1 is 1.12 bits per heavy atom. The third kappa shape index (κ3) is 3.64. The molecule has 0 fully saturated rings. The Hall–Kier alpha value is -2.63. The molecule has 26 heavy (non-hydrogen) atoms. The molecule has 2 N–H and O–H groups in total. The highest BCUT2D eigenvalue weighted by Gasteiger charge is 2.08. The molecule has 0 amide bonds. The first-order chi connectivity index (χ1) is 12.7. The molecule has 0 saturated heterocycles. The van der Waals surface area contributed by atoms with Gasteiger partial charge in [-0.3, -0.25) is 0 Å². The minimum absolute atomic E-state index is 0.0874. The van der Waals surface area contributed by atoms with Gasteiger partial charge in [-0.1, -0.05) is 23.7 Å². The Morgan fingerprint density at radius 3 is 2.85 bits per heavy atom. The molecule has 4 aromatic rings. The average Bonchev–Trinajstić information content (AvgIpc) is 3.27. The molecule has 132 valence electrons. The number of benzene rings is 2. The number of furan rings is 1. The van der Waals surface area contributed by atoms with E-state index in [0.29, 0.717) is 12.3 Å². The molecule has 0 aliphatic heterocycles. The summed E-state index contributed by atoms with van der Waals surface area (Å²) in [5.41, 5.74) is 2.79. The average molecular weight is 370 g/mol. The molecular weight excluding hydrogens is 353 g/mol. The van der Waals surface area contributed by atoms with Gasteiger partial charge in [0.2, 0.25) is 0 Å². The van der Waals surface area contributed by atoms with Gasteiger partial charge in [-0.15, -0.1) is 0 Å². The van der Waals surface area contributed by atoms with Crippen molar-refractivity contribution < 1.29 is 8.81 Å². The standard InChI is InChI=1S/C20H17ClFN3O/c21-15-11-13(5-7-16(15)22)19-8-6-14(26-19)12-23-10-9-20-24-17-3-1-2-4-18(17)25-20/h1-8,11,23H,9-10,12H2,(H,24,25). The van der Waals surface area contributed by atoms with Gasteiger partial charge in [0.15, 0.2) is 0 Å². The number of H-pyrrole nitrogens is 1. The number of hydrogen-bond acceptors (Lipinski definition) is 3. The lowest BCUT2D eigenvalue weighted by molar-refractivity contribution is 0.494. The van der Waals surface area contributed by atoms with Crippen molar-refractivity contribution in [3.63, 3.8) is 0 Å². The summed E-state index contributed by atoms with van der Waals surface area (Å²) in [5, 5.41) is 3.43. The Kier molecular flexibility index (Phi) is 4.73. The van der Waals surface area contributed by atoms with Gasteiger partial charge >= 0.3 is 0 Å². The zero-order chi connectivity index (χ0) is 17.9. The highest BCUT2D eigenvalue weighted by molar-refractivity contribution is 6.31. The van der Waals surface area contributed by atoms with E-state index in [-0.39, 0.29) is 5.02 Å². The van der Waals surface area contributed by atoms with Crippen LogP contribution in [-0.4, -0.2) is 16.5 Å². The predicted molar refractivity (Wildman–Crippen MR) is 101 cm³/mol. The number of imidazole rings is 1. The molecule has 0 spiro atoms. The summed E-state index contributed by atoms with van der Waals surface area (Å²) < 4.78 is 19.1. The molecule has 0 bridgehead atoms. The number of hydrogen-bond donors (Lipinski definition) is 2. The van der Waals surface area contributed by atoms with Crippen LogP contribution in [-0.2, 0) is 13.0 Å². The van der Waals surface area contributed by atoms with Gasteiger partial charge in [0.05, 0.1) is 22.6 Å². The van der Waals surface area contributed by atoms with E-state index >= 15 is 0 Å². The summed E-state index contributed by atoms with van der Waals surface area (Å²) in [6.07, 6.45) is 0.801. The van der Waals surface area contributed by atoms with Crippen molar-refractivity contribution in [3.05, 3.63) is 77.0 Å². The Morgan fingerprint density at radius 2 is 2.00 bits per heavy atom. The van der Waals surface area contributed by atoms with Crippen LogP contribution in [0.1, 0.15) is 11.6 Å². The molecule has 4 nitrogen and oxygen atoms in total. The maximum absolute atomic E-state index is 13.3. The third-order valence-corrected chi connectivity index (χ3v) is 4.43. The lowest BCUT2D eigenvalue weighted by atomic mass is 10.2. The molecule has 2 heterocycles. The van der Waals surface area contributed by atoms with Crippen molar-refractivity contribution in [2.24, 2.45) is 0 Å². The van der Waals surface area contributed by atoms with Gasteiger partial charge in [0.1, 0.15) is 23.2 Å². The van der Waals surface area contributed by atoms with Crippen LogP contribution in [0.15, 0.2) is 59.0 Å². The van der Waals surface area contributed by atoms with Crippen molar-refractivity contribution >= 4 is 22.6 Å². The smallest absolute Gasteiger partial charge is 0.141 e. The maximum Gasteiger partial charge on any atom is 0.141 e. The summed E-state index contributed by atoms with van der Waals surface area (Å²) in [4.78, 5) is 7.87. The van der Waals surface area contributed by atoms with Crippen LogP contribution >= 0.6 is 11.6 Å². The Balaban J connectivity index is 1.32. The number of aromatic amines is 1. The second kappa shape index (κ2) is 7.32. The van der Waals surface area contributed by atoms with Crippen molar-refractivity contribution in [2.75, 3.05) is 6.54 Å². The molecule has 0 atom stereocenters. The topological polar surface area (TPSA) is 53.9 Å². The summed E-state index contributed by atoms with van der Waals surface area (Å²) in [5.74, 6) is 2.00. The lowest BCUT2D eigenvalue weighted by Crippen LogP contribution is -2.16. The molecular formula is C20H17ClFN3O. The van der Waals surface area contributed by atoms with Crippen molar-refractivity contribution in [3.8, 4) is 11.3 Å². The molecule has 0 radical (unpaired) electrons. The van der Waals surface area contributed by atoms with E-state index in [0.717, 1.165) is 41.1 Å². The van der Waals surface area contributed by atoms with E-state index in [1.165, 1.54) is 6.07 Å². The highest BCUT2D eigenvalue weighted by Crippen LogP contribution is 2.26. The van der Waals surface area contributed by atoms with Crippen molar-refractivity contribution in [1.29, 1.82) is 0 Å². The van der Waals surface area contributed by atoms with E-state index in [1.54, 1.807) is 12.1 Å². The molecule has 2 aromatic carbocycles. The fourth-order valence-electron chi connectivity index (χ4n) is 2.82. The quantitative estimate of drug-likeness (QED) is 0.473. The van der Waals surface area contributed by atoms with Gasteiger partial charge < -0.3 is 14.7 Å².